The number of hydrogen-bond acceptors (Lipinski definition) is 2. The number of nitrogens with zero attached hydrogens (tertiary/aromatic N) is 1. The molecule has 0 aliphatic rings. The SMILES string of the molecule is Cc1cccc(-c2ncc[nH]c2=S)c1C. The highest BCUT2D eigenvalue weighted by Gasteiger charge is 2.05. The van der Waals surface area contributed by atoms with E-state index in [9.17, 15) is 0 Å². The fourth-order valence-corrected chi connectivity index (χ4v) is 1.78. The van der Waals surface area contributed by atoms with Gasteiger partial charge < -0.3 is 4.98 Å². The maximum absolute atomic E-state index is 5.22. The topological polar surface area (TPSA) is 28.7 Å². The number of H-pyrrole nitrogens is 1. The van der Waals surface area contributed by atoms with Gasteiger partial charge in [0.2, 0.25) is 0 Å². The van der Waals surface area contributed by atoms with E-state index < -0.39 is 0 Å². The number of aryl methyl sites for hydroxylation is 1. The molecule has 0 saturated carbocycles. The van der Waals surface area contributed by atoms with Crippen molar-refractivity contribution in [1.82, 2.24) is 9.97 Å². The Morgan fingerprint density at radius 3 is 2.80 bits per heavy atom. The first kappa shape index (κ1) is 10.1. The van der Waals surface area contributed by atoms with Crippen LogP contribution >= 0.6 is 12.2 Å². The van der Waals surface area contributed by atoms with E-state index in [1.165, 1.54) is 11.1 Å². The summed E-state index contributed by atoms with van der Waals surface area (Å²) in [6.07, 6.45) is 3.48. The van der Waals surface area contributed by atoms with Gasteiger partial charge in [-0.15, -0.1) is 0 Å². The molecule has 0 saturated heterocycles. The fourth-order valence-electron chi connectivity index (χ4n) is 1.55. The molecule has 2 aromatic rings. The molecular weight excluding hydrogens is 204 g/mol. The maximum atomic E-state index is 5.22. The number of hydrogen-bond donors (Lipinski definition) is 1. The third-order valence-electron chi connectivity index (χ3n) is 2.57. The zero-order valence-electron chi connectivity index (χ0n) is 8.74. The number of rotatable bonds is 1. The molecule has 0 unspecified atom stereocenters. The van der Waals surface area contributed by atoms with Crippen molar-refractivity contribution in [3.63, 3.8) is 0 Å². The van der Waals surface area contributed by atoms with Crippen molar-refractivity contribution in [2.45, 2.75) is 13.8 Å². The van der Waals surface area contributed by atoms with E-state index in [4.69, 9.17) is 12.2 Å². The minimum Gasteiger partial charge on any atom is -0.350 e. The number of benzene rings is 1. The van der Waals surface area contributed by atoms with Crippen LogP contribution in [0.2, 0.25) is 0 Å². The maximum Gasteiger partial charge on any atom is 0.129 e. The molecule has 15 heavy (non-hydrogen) atoms. The average molecular weight is 216 g/mol. The van der Waals surface area contributed by atoms with Gasteiger partial charge in [0.05, 0.1) is 0 Å². The molecule has 0 aliphatic carbocycles. The van der Waals surface area contributed by atoms with Crippen molar-refractivity contribution in [3.8, 4) is 11.3 Å². The Balaban J connectivity index is 2.70. The summed E-state index contributed by atoms with van der Waals surface area (Å²) in [7, 11) is 0. The Labute approximate surface area is 94.0 Å². The molecule has 0 aliphatic heterocycles. The Hall–Kier alpha value is -1.48. The van der Waals surface area contributed by atoms with Crippen molar-refractivity contribution in [3.05, 3.63) is 46.4 Å². The first-order chi connectivity index (χ1) is 7.20. The van der Waals surface area contributed by atoms with Crippen molar-refractivity contribution >= 4 is 12.2 Å². The lowest BCUT2D eigenvalue weighted by atomic mass is 10.0. The third-order valence-corrected chi connectivity index (χ3v) is 2.88. The molecule has 1 heterocycles. The second-order valence-electron chi connectivity index (χ2n) is 3.51. The normalized spacial score (nSPS) is 10.3. The lowest BCUT2D eigenvalue weighted by Crippen LogP contribution is -1.91. The molecule has 2 rings (SSSR count). The van der Waals surface area contributed by atoms with Gasteiger partial charge in [-0.25, -0.2) is 0 Å². The zero-order chi connectivity index (χ0) is 10.8. The van der Waals surface area contributed by atoms with E-state index in [2.05, 4.69) is 29.9 Å². The van der Waals surface area contributed by atoms with Crippen LogP contribution in [0.4, 0.5) is 0 Å². The standard InChI is InChI=1S/C12H12N2S/c1-8-4-3-5-10(9(8)2)11-12(15)14-7-6-13-11/h3-7H,1-2H3,(H,14,15). The highest BCUT2D eigenvalue weighted by molar-refractivity contribution is 7.71. The number of aromatic amines is 1. The van der Waals surface area contributed by atoms with Crippen LogP contribution in [0.15, 0.2) is 30.6 Å². The van der Waals surface area contributed by atoms with Gasteiger partial charge in [-0.05, 0) is 25.0 Å². The van der Waals surface area contributed by atoms with Crippen LogP contribution in [0.3, 0.4) is 0 Å². The lowest BCUT2D eigenvalue weighted by molar-refractivity contribution is 1.17. The Morgan fingerprint density at radius 2 is 2.07 bits per heavy atom. The number of aromatic nitrogens is 2. The van der Waals surface area contributed by atoms with Gasteiger partial charge in [0.1, 0.15) is 10.3 Å². The van der Waals surface area contributed by atoms with Crippen LogP contribution < -0.4 is 0 Å². The molecule has 0 spiro atoms. The summed E-state index contributed by atoms with van der Waals surface area (Å²) < 4.78 is 0.686. The van der Waals surface area contributed by atoms with Gasteiger partial charge in [-0.1, -0.05) is 30.4 Å². The predicted octanol–water partition coefficient (Wildman–Crippen LogP) is 3.42. The minimum atomic E-state index is 0.686. The first-order valence-electron chi connectivity index (χ1n) is 4.80. The second-order valence-corrected chi connectivity index (χ2v) is 3.92. The van der Waals surface area contributed by atoms with Crippen molar-refractivity contribution in [2.24, 2.45) is 0 Å². The molecule has 76 valence electrons. The smallest absolute Gasteiger partial charge is 0.129 e. The van der Waals surface area contributed by atoms with Crippen molar-refractivity contribution in [2.75, 3.05) is 0 Å². The monoisotopic (exact) mass is 216 g/mol. The molecular formula is C12H12N2S. The summed E-state index contributed by atoms with van der Waals surface area (Å²) in [5.41, 5.74) is 4.45. The minimum absolute atomic E-state index is 0.686. The molecule has 0 radical (unpaired) electrons. The zero-order valence-corrected chi connectivity index (χ0v) is 9.56. The van der Waals surface area contributed by atoms with E-state index in [0.29, 0.717) is 4.64 Å². The van der Waals surface area contributed by atoms with Crippen LogP contribution in [0.25, 0.3) is 11.3 Å². The Kier molecular flexibility index (Phi) is 2.64. The molecule has 0 amide bonds. The van der Waals surface area contributed by atoms with E-state index in [-0.39, 0.29) is 0 Å². The molecule has 0 fully saturated rings. The largest absolute Gasteiger partial charge is 0.350 e. The predicted molar refractivity (Wildman–Crippen MR) is 64.3 cm³/mol. The summed E-state index contributed by atoms with van der Waals surface area (Å²) in [5, 5.41) is 0. The van der Waals surface area contributed by atoms with Gasteiger partial charge in [-0.2, -0.15) is 0 Å². The van der Waals surface area contributed by atoms with Crippen LogP contribution in [0.5, 0.6) is 0 Å². The van der Waals surface area contributed by atoms with Gasteiger partial charge in [0.25, 0.3) is 0 Å². The molecule has 1 aromatic heterocycles. The van der Waals surface area contributed by atoms with Crippen molar-refractivity contribution < 1.29 is 0 Å². The average Bonchev–Trinajstić information content (AvgIpc) is 2.23. The summed E-state index contributed by atoms with van der Waals surface area (Å²) in [6, 6.07) is 6.17. The van der Waals surface area contributed by atoms with Gasteiger partial charge >= 0.3 is 0 Å². The molecule has 2 nitrogen and oxygen atoms in total. The summed E-state index contributed by atoms with van der Waals surface area (Å²) in [6.45, 7) is 4.18. The van der Waals surface area contributed by atoms with Crippen LogP contribution in [0, 0.1) is 18.5 Å². The third kappa shape index (κ3) is 1.83. The van der Waals surface area contributed by atoms with E-state index in [1.807, 2.05) is 12.1 Å². The van der Waals surface area contributed by atoms with Crippen LogP contribution in [-0.4, -0.2) is 9.97 Å². The fraction of sp³-hybridized carbons (Fsp3) is 0.167. The second kappa shape index (κ2) is 3.95. The van der Waals surface area contributed by atoms with Gasteiger partial charge in [0, 0.05) is 18.0 Å². The highest BCUT2D eigenvalue weighted by atomic mass is 32.1. The molecule has 1 N–H and O–H groups in total. The summed E-state index contributed by atoms with van der Waals surface area (Å²) >= 11 is 5.22. The quantitative estimate of drug-likeness (QED) is 0.740. The van der Waals surface area contributed by atoms with Crippen LogP contribution in [-0.2, 0) is 0 Å². The summed E-state index contributed by atoms with van der Waals surface area (Å²) in [5.74, 6) is 0. The summed E-state index contributed by atoms with van der Waals surface area (Å²) in [4.78, 5) is 7.31. The molecule has 1 aromatic carbocycles. The molecule has 0 bridgehead atoms. The van der Waals surface area contributed by atoms with E-state index in [1.54, 1.807) is 12.4 Å². The Bertz CT molecular complexity index is 543. The van der Waals surface area contributed by atoms with E-state index >= 15 is 0 Å². The molecule has 3 heteroatoms. The van der Waals surface area contributed by atoms with Crippen LogP contribution in [0.1, 0.15) is 11.1 Å². The lowest BCUT2D eigenvalue weighted by Gasteiger charge is -2.07. The van der Waals surface area contributed by atoms with Crippen molar-refractivity contribution in [1.29, 1.82) is 0 Å². The molecule has 0 atom stereocenters. The number of nitrogens with one attached hydrogen (secondary N) is 1. The highest BCUT2D eigenvalue weighted by Crippen LogP contribution is 2.23. The van der Waals surface area contributed by atoms with Gasteiger partial charge in [-0.3, -0.25) is 4.98 Å². The van der Waals surface area contributed by atoms with Gasteiger partial charge in [0.15, 0.2) is 0 Å². The Morgan fingerprint density at radius 1 is 1.27 bits per heavy atom. The van der Waals surface area contributed by atoms with E-state index in [0.717, 1.165) is 11.3 Å². The first-order valence-corrected chi connectivity index (χ1v) is 5.21.